The summed E-state index contributed by atoms with van der Waals surface area (Å²) >= 11 is 1.35. The second-order valence-corrected chi connectivity index (χ2v) is 6.89. The molecule has 2 aromatic rings. The third-order valence-corrected chi connectivity index (χ3v) is 5.41. The lowest BCUT2D eigenvalue weighted by atomic mass is 10.3. The molecule has 2 aromatic heterocycles. The lowest BCUT2D eigenvalue weighted by molar-refractivity contribution is 0.463. The summed E-state index contributed by atoms with van der Waals surface area (Å²) in [6.07, 6.45) is 3.05. The van der Waals surface area contributed by atoms with Crippen molar-refractivity contribution < 1.29 is 12.8 Å². The Kier molecular flexibility index (Phi) is 3.86. The highest BCUT2D eigenvalue weighted by atomic mass is 32.2. The van der Waals surface area contributed by atoms with Crippen molar-refractivity contribution >= 4 is 21.4 Å². The molecule has 0 saturated heterocycles. The summed E-state index contributed by atoms with van der Waals surface area (Å²) in [6.45, 7) is 0.637. The quantitative estimate of drug-likeness (QED) is 0.906. The van der Waals surface area contributed by atoms with Crippen LogP contribution >= 0.6 is 11.3 Å². The van der Waals surface area contributed by atoms with Crippen molar-refractivity contribution in [2.75, 3.05) is 7.05 Å². The van der Waals surface area contributed by atoms with E-state index in [-0.39, 0.29) is 6.54 Å². The van der Waals surface area contributed by atoms with Gasteiger partial charge in [-0.3, -0.25) is 0 Å². The van der Waals surface area contributed by atoms with E-state index in [0.717, 1.165) is 10.4 Å². The number of thiophene rings is 1. The fraction of sp³-hybridized carbons (Fsp3) is 0.273. The van der Waals surface area contributed by atoms with Crippen molar-refractivity contribution in [2.45, 2.75) is 18.0 Å². The summed E-state index contributed by atoms with van der Waals surface area (Å²) in [5.41, 5.74) is 6.30. The van der Waals surface area contributed by atoms with Crippen molar-refractivity contribution in [3.8, 4) is 0 Å². The Morgan fingerprint density at radius 3 is 2.83 bits per heavy atom. The molecule has 2 rings (SSSR count). The zero-order valence-electron chi connectivity index (χ0n) is 9.87. The summed E-state index contributed by atoms with van der Waals surface area (Å²) in [7, 11) is -1.91. The number of nitrogens with zero attached hydrogens (tertiary/aromatic N) is 1. The molecule has 0 amide bonds. The summed E-state index contributed by atoms with van der Waals surface area (Å²) in [4.78, 5) is 1.14. The van der Waals surface area contributed by atoms with Crippen molar-refractivity contribution in [1.82, 2.24) is 4.31 Å². The largest absolute Gasteiger partial charge is 0.472 e. The Morgan fingerprint density at radius 2 is 2.28 bits per heavy atom. The normalized spacial score (nSPS) is 12.2. The summed E-state index contributed by atoms with van der Waals surface area (Å²) in [5, 5.41) is 1.61. The molecule has 0 unspecified atom stereocenters. The van der Waals surface area contributed by atoms with Crippen LogP contribution in [0.4, 0.5) is 0 Å². The van der Waals surface area contributed by atoms with E-state index in [1.165, 1.54) is 28.2 Å². The minimum Gasteiger partial charge on any atom is -0.472 e. The fourth-order valence-corrected chi connectivity index (χ4v) is 3.81. The van der Waals surface area contributed by atoms with Gasteiger partial charge in [-0.1, -0.05) is 0 Å². The van der Waals surface area contributed by atoms with Gasteiger partial charge in [0.2, 0.25) is 10.0 Å². The number of sulfonamides is 1. The van der Waals surface area contributed by atoms with Crippen LogP contribution in [0.1, 0.15) is 10.4 Å². The highest BCUT2D eigenvalue weighted by Crippen LogP contribution is 2.22. The number of hydrogen-bond acceptors (Lipinski definition) is 5. The van der Waals surface area contributed by atoms with Crippen LogP contribution in [0, 0.1) is 0 Å². The van der Waals surface area contributed by atoms with E-state index in [0.29, 0.717) is 11.4 Å². The Morgan fingerprint density at radius 1 is 1.50 bits per heavy atom. The Labute approximate surface area is 110 Å². The molecule has 2 heterocycles. The van der Waals surface area contributed by atoms with E-state index in [1.807, 2.05) is 0 Å². The van der Waals surface area contributed by atoms with Gasteiger partial charge in [-0.2, -0.15) is 4.31 Å². The summed E-state index contributed by atoms with van der Waals surface area (Å²) in [5.74, 6) is 0. The van der Waals surface area contributed by atoms with Crippen LogP contribution in [-0.4, -0.2) is 19.8 Å². The van der Waals surface area contributed by atoms with Gasteiger partial charge in [0.05, 0.1) is 17.4 Å². The summed E-state index contributed by atoms with van der Waals surface area (Å²) < 4.78 is 30.7. The van der Waals surface area contributed by atoms with E-state index in [2.05, 4.69) is 0 Å². The van der Waals surface area contributed by atoms with Gasteiger partial charge in [0.25, 0.3) is 0 Å². The van der Waals surface area contributed by atoms with E-state index in [1.54, 1.807) is 24.6 Å². The highest BCUT2D eigenvalue weighted by molar-refractivity contribution is 7.89. The SMILES string of the molecule is CN(Cc1ccoc1)S(=O)(=O)c1csc(CN)c1. The third-order valence-electron chi connectivity index (χ3n) is 2.52. The second kappa shape index (κ2) is 5.23. The van der Waals surface area contributed by atoms with E-state index >= 15 is 0 Å². The van der Waals surface area contributed by atoms with E-state index in [9.17, 15) is 8.42 Å². The first kappa shape index (κ1) is 13.3. The topological polar surface area (TPSA) is 76.5 Å². The molecule has 0 bridgehead atoms. The molecular formula is C11H14N2O3S2. The van der Waals surface area contributed by atoms with Gasteiger partial charge in [-0.05, 0) is 12.1 Å². The molecule has 0 spiro atoms. The van der Waals surface area contributed by atoms with Gasteiger partial charge in [-0.15, -0.1) is 11.3 Å². The molecule has 0 aromatic carbocycles. The number of furan rings is 1. The molecule has 0 fully saturated rings. The molecule has 0 radical (unpaired) electrons. The van der Waals surface area contributed by atoms with Gasteiger partial charge in [0, 0.05) is 36.0 Å². The molecule has 98 valence electrons. The van der Waals surface area contributed by atoms with Crippen LogP contribution in [0.3, 0.4) is 0 Å². The van der Waals surface area contributed by atoms with Gasteiger partial charge in [0.15, 0.2) is 0 Å². The highest BCUT2D eigenvalue weighted by Gasteiger charge is 2.22. The second-order valence-electron chi connectivity index (χ2n) is 3.85. The monoisotopic (exact) mass is 286 g/mol. The Bertz CT molecular complexity index is 602. The first-order chi connectivity index (χ1) is 8.54. The molecule has 2 N–H and O–H groups in total. The average molecular weight is 286 g/mol. The minimum atomic E-state index is -3.46. The van der Waals surface area contributed by atoms with Crippen molar-refractivity contribution in [3.05, 3.63) is 40.5 Å². The Hall–Kier alpha value is -1.15. The van der Waals surface area contributed by atoms with Gasteiger partial charge < -0.3 is 10.2 Å². The molecular weight excluding hydrogens is 272 g/mol. The maximum Gasteiger partial charge on any atom is 0.243 e. The zero-order chi connectivity index (χ0) is 13.2. The molecule has 18 heavy (non-hydrogen) atoms. The van der Waals surface area contributed by atoms with E-state index in [4.69, 9.17) is 10.2 Å². The molecule has 0 atom stereocenters. The molecule has 5 nitrogen and oxygen atoms in total. The number of rotatable bonds is 5. The van der Waals surface area contributed by atoms with Crippen molar-refractivity contribution in [2.24, 2.45) is 5.73 Å². The van der Waals surface area contributed by atoms with Gasteiger partial charge in [-0.25, -0.2) is 8.42 Å². The standard InChI is InChI=1S/C11H14N2O3S2/c1-13(6-9-2-3-16-7-9)18(14,15)11-4-10(5-12)17-8-11/h2-4,7-8H,5-6,12H2,1H3. The van der Waals surface area contributed by atoms with Crippen LogP contribution in [0.5, 0.6) is 0 Å². The third kappa shape index (κ3) is 2.64. The maximum atomic E-state index is 12.2. The predicted octanol–water partition coefficient (Wildman–Crippen LogP) is 1.62. The Balaban J connectivity index is 2.19. The molecule has 0 aliphatic heterocycles. The minimum absolute atomic E-state index is 0.284. The summed E-state index contributed by atoms with van der Waals surface area (Å²) in [6, 6.07) is 3.36. The predicted molar refractivity (Wildman–Crippen MR) is 69.6 cm³/mol. The molecule has 7 heteroatoms. The smallest absolute Gasteiger partial charge is 0.243 e. The maximum absolute atomic E-state index is 12.2. The van der Waals surface area contributed by atoms with Crippen LogP contribution in [0.15, 0.2) is 39.4 Å². The van der Waals surface area contributed by atoms with Crippen LogP contribution in [0.2, 0.25) is 0 Å². The average Bonchev–Trinajstić information content (AvgIpc) is 2.99. The van der Waals surface area contributed by atoms with Crippen molar-refractivity contribution in [3.63, 3.8) is 0 Å². The van der Waals surface area contributed by atoms with Crippen LogP contribution < -0.4 is 5.73 Å². The lowest BCUT2D eigenvalue weighted by Crippen LogP contribution is -2.25. The van der Waals surface area contributed by atoms with Gasteiger partial charge >= 0.3 is 0 Å². The van der Waals surface area contributed by atoms with Crippen LogP contribution in [-0.2, 0) is 23.1 Å². The first-order valence-corrected chi connectivity index (χ1v) is 7.61. The lowest BCUT2D eigenvalue weighted by Gasteiger charge is -2.15. The molecule has 0 aliphatic rings. The number of hydrogen-bond donors (Lipinski definition) is 1. The number of nitrogens with two attached hydrogens (primary N) is 1. The first-order valence-electron chi connectivity index (χ1n) is 5.29. The van der Waals surface area contributed by atoms with Crippen LogP contribution in [0.25, 0.3) is 0 Å². The molecule has 0 saturated carbocycles. The van der Waals surface area contributed by atoms with E-state index < -0.39 is 10.0 Å². The fourth-order valence-electron chi connectivity index (χ4n) is 1.51. The molecule has 0 aliphatic carbocycles. The van der Waals surface area contributed by atoms with Crippen molar-refractivity contribution in [1.29, 1.82) is 0 Å². The zero-order valence-corrected chi connectivity index (χ0v) is 11.5. The van der Waals surface area contributed by atoms with Gasteiger partial charge in [0.1, 0.15) is 0 Å².